The van der Waals surface area contributed by atoms with Crippen LogP contribution >= 0.6 is 11.3 Å². The summed E-state index contributed by atoms with van der Waals surface area (Å²) in [7, 11) is -2.27. The summed E-state index contributed by atoms with van der Waals surface area (Å²) < 4.78 is 27.1. The van der Waals surface area contributed by atoms with E-state index < -0.39 is 16.2 Å². The van der Waals surface area contributed by atoms with E-state index in [0.29, 0.717) is 0 Å². The number of thiophene rings is 1. The van der Waals surface area contributed by atoms with E-state index in [1.807, 2.05) is 19.9 Å². The van der Waals surface area contributed by atoms with Crippen molar-refractivity contribution in [3.63, 3.8) is 0 Å². The molecule has 0 aliphatic carbocycles. The molecule has 0 amide bonds. The predicted molar refractivity (Wildman–Crippen MR) is 74.4 cm³/mol. The average Bonchev–Trinajstić information content (AvgIpc) is 2.63. The van der Waals surface area contributed by atoms with Gasteiger partial charge in [0, 0.05) is 29.9 Å². The maximum absolute atomic E-state index is 11.8. The van der Waals surface area contributed by atoms with Crippen LogP contribution in [0.3, 0.4) is 0 Å². The predicted octanol–water partition coefficient (Wildman–Crippen LogP) is 1.11. The lowest BCUT2D eigenvalue weighted by atomic mass is 10.3. The molecule has 2 N–H and O–H groups in total. The molecule has 1 rings (SSSR count). The second-order valence-corrected chi connectivity index (χ2v) is 7.45. The molecule has 0 spiro atoms. The van der Waals surface area contributed by atoms with Gasteiger partial charge in [-0.05, 0) is 25.5 Å². The van der Waals surface area contributed by atoms with Gasteiger partial charge in [-0.25, -0.2) is 0 Å². The smallest absolute Gasteiger partial charge is 0.304 e. The second kappa shape index (κ2) is 6.47. The quantitative estimate of drug-likeness (QED) is 0.790. The fourth-order valence-corrected chi connectivity index (χ4v) is 3.36. The van der Waals surface area contributed by atoms with Crippen molar-refractivity contribution in [1.29, 1.82) is 0 Å². The van der Waals surface area contributed by atoms with Gasteiger partial charge in [0.2, 0.25) is 0 Å². The molecule has 0 aliphatic rings. The van der Waals surface area contributed by atoms with E-state index >= 15 is 0 Å². The van der Waals surface area contributed by atoms with Crippen LogP contribution in [-0.4, -0.2) is 37.4 Å². The highest BCUT2D eigenvalue weighted by molar-refractivity contribution is 7.87. The van der Waals surface area contributed by atoms with Crippen LogP contribution in [0.5, 0.6) is 0 Å². The standard InChI is InChI=1S/C11H18N2O4S2/c1-8-6-10(18-9(8)2)7-12-19(16,17)13(3)5-4-11(14)15/h6,12H,4-5,7H2,1-3H3,(H,14,15). The molecule has 1 aromatic rings. The summed E-state index contributed by atoms with van der Waals surface area (Å²) >= 11 is 1.55. The Balaban J connectivity index is 2.57. The van der Waals surface area contributed by atoms with Gasteiger partial charge >= 0.3 is 5.97 Å². The van der Waals surface area contributed by atoms with Crippen molar-refractivity contribution in [1.82, 2.24) is 9.03 Å². The third-order valence-corrected chi connectivity index (χ3v) is 5.36. The van der Waals surface area contributed by atoms with Gasteiger partial charge in [-0.15, -0.1) is 11.3 Å². The van der Waals surface area contributed by atoms with Gasteiger partial charge in [0.1, 0.15) is 0 Å². The minimum atomic E-state index is -3.63. The van der Waals surface area contributed by atoms with E-state index in [4.69, 9.17) is 5.11 Å². The molecule has 108 valence electrons. The summed E-state index contributed by atoms with van der Waals surface area (Å²) in [6.07, 6.45) is -0.214. The summed E-state index contributed by atoms with van der Waals surface area (Å²) in [6, 6.07) is 1.94. The Bertz CT molecular complexity index is 532. The van der Waals surface area contributed by atoms with Crippen molar-refractivity contribution >= 4 is 27.5 Å². The molecular formula is C11H18N2O4S2. The molecule has 0 bridgehead atoms. The maximum Gasteiger partial charge on any atom is 0.304 e. The highest BCUT2D eigenvalue weighted by Gasteiger charge is 2.18. The molecule has 1 aromatic heterocycles. The molecule has 0 radical (unpaired) electrons. The van der Waals surface area contributed by atoms with Crippen molar-refractivity contribution in [3.8, 4) is 0 Å². The number of carboxylic acids is 1. The van der Waals surface area contributed by atoms with Gasteiger partial charge < -0.3 is 5.11 Å². The highest BCUT2D eigenvalue weighted by Crippen LogP contribution is 2.20. The SMILES string of the molecule is Cc1cc(CNS(=O)(=O)N(C)CCC(=O)O)sc1C. The third-order valence-electron chi connectivity index (χ3n) is 2.70. The monoisotopic (exact) mass is 306 g/mol. The van der Waals surface area contributed by atoms with E-state index in [0.717, 1.165) is 19.6 Å². The number of aliphatic carboxylic acids is 1. The summed E-state index contributed by atoms with van der Waals surface area (Å²) in [4.78, 5) is 12.5. The summed E-state index contributed by atoms with van der Waals surface area (Å²) in [5, 5.41) is 8.53. The Morgan fingerprint density at radius 2 is 2.11 bits per heavy atom. The van der Waals surface area contributed by atoms with Crippen LogP contribution in [0.4, 0.5) is 0 Å². The van der Waals surface area contributed by atoms with Crippen LogP contribution in [0.1, 0.15) is 21.7 Å². The molecule has 0 saturated carbocycles. The molecule has 8 heteroatoms. The minimum Gasteiger partial charge on any atom is -0.481 e. The van der Waals surface area contributed by atoms with Gasteiger partial charge in [0.15, 0.2) is 0 Å². The maximum atomic E-state index is 11.8. The van der Waals surface area contributed by atoms with E-state index in [9.17, 15) is 13.2 Å². The third kappa shape index (κ3) is 4.90. The molecule has 6 nitrogen and oxygen atoms in total. The van der Waals surface area contributed by atoms with Crippen molar-refractivity contribution in [2.45, 2.75) is 26.8 Å². The van der Waals surface area contributed by atoms with Gasteiger partial charge in [-0.1, -0.05) is 0 Å². The molecule has 0 atom stereocenters. The lowest BCUT2D eigenvalue weighted by Crippen LogP contribution is -2.38. The molecule has 0 unspecified atom stereocenters. The topological polar surface area (TPSA) is 86.7 Å². The average molecular weight is 306 g/mol. The van der Waals surface area contributed by atoms with E-state index in [1.54, 1.807) is 11.3 Å². The fraction of sp³-hybridized carbons (Fsp3) is 0.545. The van der Waals surface area contributed by atoms with Gasteiger partial charge in [-0.2, -0.15) is 17.4 Å². The van der Waals surface area contributed by atoms with Crippen molar-refractivity contribution in [2.75, 3.05) is 13.6 Å². The number of nitrogens with one attached hydrogen (secondary N) is 1. The van der Waals surface area contributed by atoms with E-state index in [-0.39, 0.29) is 19.5 Å². The number of carbonyl (C=O) groups is 1. The molecule has 0 aliphatic heterocycles. The Morgan fingerprint density at radius 3 is 2.58 bits per heavy atom. The number of hydrogen-bond acceptors (Lipinski definition) is 4. The van der Waals surface area contributed by atoms with Crippen LogP contribution in [0.2, 0.25) is 0 Å². The molecule has 1 heterocycles. The summed E-state index contributed by atoms with van der Waals surface area (Å²) in [6.45, 7) is 4.13. The van der Waals surface area contributed by atoms with Crippen LogP contribution in [0.25, 0.3) is 0 Å². The molecular weight excluding hydrogens is 288 g/mol. The fourth-order valence-electron chi connectivity index (χ4n) is 1.38. The van der Waals surface area contributed by atoms with Crippen LogP contribution < -0.4 is 4.72 Å². The van der Waals surface area contributed by atoms with Crippen LogP contribution in [-0.2, 0) is 21.5 Å². The molecule has 0 saturated heterocycles. The summed E-state index contributed by atoms with van der Waals surface area (Å²) in [5.41, 5.74) is 1.14. The molecule has 0 fully saturated rings. The second-order valence-electron chi connectivity index (χ2n) is 4.24. The lowest BCUT2D eigenvalue weighted by Gasteiger charge is -2.16. The highest BCUT2D eigenvalue weighted by atomic mass is 32.2. The first-order valence-electron chi connectivity index (χ1n) is 5.71. The lowest BCUT2D eigenvalue weighted by molar-refractivity contribution is -0.137. The first-order valence-corrected chi connectivity index (χ1v) is 7.96. The number of hydrogen-bond donors (Lipinski definition) is 2. The zero-order valence-electron chi connectivity index (χ0n) is 11.1. The molecule has 0 aromatic carbocycles. The zero-order valence-corrected chi connectivity index (χ0v) is 12.8. The molecule has 19 heavy (non-hydrogen) atoms. The van der Waals surface area contributed by atoms with Gasteiger partial charge in [0.25, 0.3) is 10.2 Å². The Hall–Kier alpha value is -0.960. The van der Waals surface area contributed by atoms with Crippen molar-refractivity contribution < 1.29 is 18.3 Å². The normalized spacial score (nSPS) is 12.0. The first kappa shape index (κ1) is 16.1. The minimum absolute atomic E-state index is 0.0484. The number of aryl methyl sites for hydroxylation is 2. The largest absolute Gasteiger partial charge is 0.481 e. The van der Waals surface area contributed by atoms with Gasteiger partial charge in [0.05, 0.1) is 6.42 Å². The first-order chi connectivity index (χ1) is 8.72. The Labute approximate surface area is 117 Å². The van der Waals surface area contributed by atoms with Crippen molar-refractivity contribution in [2.24, 2.45) is 0 Å². The van der Waals surface area contributed by atoms with E-state index in [1.165, 1.54) is 7.05 Å². The van der Waals surface area contributed by atoms with Crippen LogP contribution in [0.15, 0.2) is 6.07 Å². The number of rotatable bonds is 7. The Kier molecular flexibility index (Phi) is 5.48. The van der Waals surface area contributed by atoms with E-state index in [2.05, 4.69) is 4.72 Å². The van der Waals surface area contributed by atoms with Crippen molar-refractivity contribution in [3.05, 3.63) is 21.4 Å². The Morgan fingerprint density at radius 1 is 1.47 bits per heavy atom. The zero-order chi connectivity index (χ0) is 14.6. The number of carboxylic acid groups (broad SMARTS) is 1. The summed E-state index contributed by atoms with van der Waals surface area (Å²) in [5.74, 6) is -1.02. The number of nitrogens with zero attached hydrogens (tertiary/aromatic N) is 1. The van der Waals surface area contributed by atoms with Gasteiger partial charge in [-0.3, -0.25) is 4.79 Å². The van der Waals surface area contributed by atoms with Crippen LogP contribution in [0, 0.1) is 13.8 Å².